The number of hydrogen-bond donors (Lipinski definition) is 2. The van der Waals surface area contributed by atoms with Crippen LogP contribution in [0, 0.1) is 5.92 Å². The highest BCUT2D eigenvalue weighted by atomic mass is 16.5. The van der Waals surface area contributed by atoms with Gasteiger partial charge < -0.3 is 19.9 Å². The van der Waals surface area contributed by atoms with Gasteiger partial charge in [-0.05, 0) is 6.42 Å². The minimum Gasteiger partial charge on any atom is -0.480 e. The van der Waals surface area contributed by atoms with E-state index in [1.54, 1.807) is 0 Å². The lowest BCUT2D eigenvalue weighted by atomic mass is 10.1. The molecule has 1 amide bonds. The van der Waals surface area contributed by atoms with Crippen molar-refractivity contribution in [2.24, 2.45) is 5.92 Å². The molecule has 1 heterocycles. The van der Waals surface area contributed by atoms with Crippen molar-refractivity contribution in [1.82, 2.24) is 5.32 Å². The van der Waals surface area contributed by atoms with Crippen molar-refractivity contribution in [3.05, 3.63) is 0 Å². The van der Waals surface area contributed by atoms with Gasteiger partial charge in [-0.25, -0.2) is 4.79 Å². The van der Waals surface area contributed by atoms with E-state index in [1.807, 2.05) is 0 Å². The minimum absolute atomic E-state index is 0.0496. The van der Waals surface area contributed by atoms with Crippen LogP contribution in [0.15, 0.2) is 0 Å². The Hall–Kier alpha value is -1.14. The predicted molar refractivity (Wildman–Crippen MR) is 50.4 cm³/mol. The summed E-state index contributed by atoms with van der Waals surface area (Å²) in [6.07, 6.45) is 0.752. The molecule has 1 fully saturated rings. The smallest absolute Gasteiger partial charge is 0.329 e. The first kappa shape index (κ1) is 11.9. The Morgan fingerprint density at radius 3 is 2.93 bits per heavy atom. The van der Waals surface area contributed by atoms with Crippen LogP contribution in [0.1, 0.15) is 6.42 Å². The van der Waals surface area contributed by atoms with Crippen LogP contribution in [0.4, 0.5) is 0 Å². The molecule has 0 aromatic rings. The van der Waals surface area contributed by atoms with E-state index in [2.05, 4.69) is 5.32 Å². The quantitative estimate of drug-likeness (QED) is 0.571. The molecule has 0 radical (unpaired) electrons. The highest BCUT2D eigenvalue weighted by molar-refractivity contribution is 5.78. The van der Waals surface area contributed by atoms with Gasteiger partial charge in [0.05, 0.1) is 19.1 Å². The molecular weight excluding hydrogens is 202 g/mol. The van der Waals surface area contributed by atoms with Gasteiger partial charge >= 0.3 is 5.97 Å². The van der Waals surface area contributed by atoms with Gasteiger partial charge in [0.25, 0.3) is 0 Å². The summed E-state index contributed by atoms with van der Waals surface area (Å²) < 4.78 is 9.83. The van der Waals surface area contributed by atoms with Crippen molar-refractivity contribution in [2.45, 2.75) is 6.42 Å². The fourth-order valence-electron chi connectivity index (χ4n) is 1.29. The van der Waals surface area contributed by atoms with Crippen molar-refractivity contribution in [3.8, 4) is 0 Å². The SMILES string of the molecule is O=C(O)COCCNC(=O)C1CCOC1. The third-order valence-electron chi connectivity index (χ3n) is 2.07. The number of hydrogen-bond acceptors (Lipinski definition) is 4. The van der Waals surface area contributed by atoms with Crippen molar-refractivity contribution >= 4 is 11.9 Å². The second-order valence-electron chi connectivity index (χ2n) is 3.30. The Morgan fingerprint density at radius 1 is 1.53 bits per heavy atom. The zero-order chi connectivity index (χ0) is 11.1. The largest absolute Gasteiger partial charge is 0.480 e. The van der Waals surface area contributed by atoms with E-state index in [9.17, 15) is 9.59 Å². The number of carboxylic acids is 1. The zero-order valence-electron chi connectivity index (χ0n) is 8.40. The molecule has 15 heavy (non-hydrogen) atoms. The standard InChI is InChI=1S/C9H15NO5/c11-8(12)6-15-4-2-10-9(13)7-1-3-14-5-7/h7H,1-6H2,(H,10,13)(H,11,12). The van der Waals surface area contributed by atoms with Crippen molar-refractivity contribution in [2.75, 3.05) is 33.0 Å². The molecule has 1 rings (SSSR count). The summed E-state index contributed by atoms with van der Waals surface area (Å²) in [7, 11) is 0. The molecule has 0 aliphatic carbocycles. The first-order chi connectivity index (χ1) is 7.20. The van der Waals surface area contributed by atoms with E-state index in [0.717, 1.165) is 6.42 Å². The summed E-state index contributed by atoms with van der Waals surface area (Å²) in [5, 5.41) is 10.9. The molecule has 1 atom stereocenters. The van der Waals surface area contributed by atoms with Gasteiger partial charge in [-0.3, -0.25) is 4.79 Å². The van der Waals surface area contributed by atoms with Crippen LogP contribution < -0.4 is 5.32 Å². The maximum absolute atomic E-state index is 11.4. The number of ether oxygens (including phenoxy) is 2. The first-order valence-corrected chi connectivity index (χ1v) is 4.85. The molecule has 86 valence electrons. The molecule has 1 aliphatic heterocycles. The fraction of sp³-hybridized carbons (Fsp3) is 0.778. The summed E-state index contributed by atoms with van der Waals surface area (Å²) in [4.78, 5) is 21.5. The van der Waals surface area contributed by atoms with Crippen LogP contribution in [-0.2, 0) is 19.1 Å². The number of aliphatic carboxylic acids is 1. The Bertz CT molecular complexity index is 225. The highest BCUT2D eigenvalue weighted by Gasteiger charge is 2.22. The van der Waals surface area contributed by atoms with Gasteiger partial charge in [-0.15, -0.1) is 0 Å². The Morgan fingerprint density at radius 2 is 2.33 bits per heavy atom. The van der Waals surface area contributed by atoms with Gasteiger partial charge in [0.1, 0.15) is 6.61 Å². The third kappa shape index (κ3) is 4.75. The topological polar surface area (TPSA) is 84.9 Å². The van der Waals surface area contributed by atoms with E-state index >= 15 is 0 Å². The first-order valence-electron chi connectivity index (χ1n) is 4.85. The number of carbonyl (C=O) groups is 2. The second kappa shape index (κ2) is 6.36. The molecule has 0 bridgehead atoms. The third-order valence-corrected chi connectivity index (χ3v) is 2.07. The number of amides is 1. The van der Waals surface area contributed by atoms with E-state index in [1.165, 1.54) is 0 Å². The molecule has 0 spiro atoms. The van der Waals surface area contributed by atoms with Crippen LogP contribution in [-0.4, -0.2) is 50.0 Å². The Labute approximate surface area is 87.5 Å². The summed E-state index contributed by atoms with van der Waals surface area (Å²) in [6, 6.07) is 0. The maximum atomic E-state index is 11.4. The van der Waals surface area contributed by atoms with Gasteiger partial charge in [-0.2, -0.15) is 0 Å². The van der Waals surface area contributed by atoms with Gasteiger partial charge in [0.2, 0.25) is 5.91 Å². The molecule has 1 aliphatic rings. The molecule has 1 unspecified atom stereocenters. The van der Waals surface area contributed by atoms with Crippen molar-refractivity contribution in [3.63, 3.8) is 0 Å². The zero-order valence-corrected chi connectivity index (χ0v) is 8.40. The summed E-state index contributed by atoms with van der Waals surface area (Å²) in [6.45, 7) is 1.33. The van der Waals surface area contributed by atoms with E-state index in [4.69, 9.17) is 14.6 Å². The Kier molecular flexibility index (Phi) is 5.06. The lowest BCUT2D eigenvalue weighted by Gasteiger charge is -2.08. The van der Waals surface area contributed by atoms with Gasteiger partial charge in [0.15, 0.2) is 0 Å². The summed E-state index contributed by atoms with van der Waals surface area (Å²) in [5.41, 5.74) is 0. The number of carbonyl (C=O) groups excluding carboxylic acids is 1. The van der Waals surface area contributed by atoms with E-state index < -0.39 is 5.97 Å². The average Bonchev–Trinajstić information content (AvgIpc) is 2.69. The van der Waals surface area contributed by atoms with Gasteiger partial charge in [-0.1, -0.05) is 0 Å². The van der Waals surface area contributed by atoms with Crippen LogP contribution in [0.5, 0.6) is 0 Å². The minimum atomic E-state index is -1.01. The van der Waals surface area contributed by atoms with Crippen LogP contribution in [0.2, 0.25) is 0 Å². The van der Waals surface area contributed by atoms with E-state index in [0.29, 0.717) is 19.8 Å². The van der Waals surface area contributed by atoms with Crippen molar-refractivity contribution in [1.29, 1.82) is 0 Å². The van der Waals surface area contributed by atoms with Crippen molar-refractivity contribution < 1.29 is 24.2 Å². The highest BCUT2D eigenvalue weighted by Crippen LogP contribution is 2.11. The molecule has 1 saturated heterocycles. The molecule has 2 N–H and O–H groups in total. The number of rotatable bonds is 6. The average molecular weight is 217 g/mol. The lowest BCUT2D eigenvalue weighted by Crippen LogP contribution is -2.33. The number of carboxylic acid groups (broad SMARTS) is 1. The lowest BCUT2D eigenvalue weighted by molar-refractivity contribution is -0.142. The molecule has 6 heteroatoms. The second-order valence-corrected chi connectivity index (χ2v) is 3.30. The normalized spacial score (nSPS) is 20.1. The van der Waals surface area contributed by atoms with Gasteiger partial charge in [0, 0.05) is 13.2 Å². The Balaban J connectivity index is 1.99. The maximum Gasteiger partial charge on any atom is 0.329 e. The van der Waals surface area contributed by atoms with Crippen LogP contribution in [0.3, 0.4) is 0 Å². The fourth-order valence-corrected chi connectivity index (χ4v) is 1.29. The number of nitrogens with one attached hydrogen (secondary N) is 1. The molecular formula is C9H15NO5. The molecule has 0 aromatic carbocycles. The predicted octanol–water partition coefficient (Wildman–Crippen LogP) is -0.760. The molecule has 0 aromatic heterocycles. The van der Waals surface area contributed by atoms with Crippen LogP contribution >= 0.6 is 0 Å². The van der Waals surface area contributed by atoms with Crippen LogP contribution in [0.25, 0.3) is 0 Å². The summed E-state index contributed by atoms with van der Waals surface area (Å²) in [5.74, 6) is -1.12. The monoisotopic (exact) mass is 217 g/mol. The summed E-state index contributed by atoms with van der Waals surface area (Å²) >= 11 is 0. The molecule has 0 saturated carbocycles. The van der Waals surface area contributed by atoms with E-state index in [-0.39, 0.29) is 25.0 Å². The molecule has 6 nitrogen and oxygen atoms in total.